The zero-order valence-corrected chi connectivity index (χ0v) is 29.4. The molecule has 1 amide bonds. The van der Waals surface area contributed by atoms with Crippen LogP contribution in [0.4, 0.5) is 13.6 Å². The van der Waals surface area contributed by atoms with Gasteiger partial charge in [-0.15, -0.1) is 0 Å². The van der Waals surface area contributed by atoms with E-state index in [1.165, 1.54) is 35.7 Å². The second-order valence-corrected chi connectivity index (χ2v) is 14.8. The number of ether oxygens (including phenoxy) is 1. The van der Waals surface area contributed by atoms with Crippen LogP contribution >= 0.6 is 11.6 Å². The third-order valence-corrected chi connectivity index (χ3v) is 11.4. The van der Waals surface area contributed by atoms with Crippen LogP contribution in [0.5, 0.6) is 0 Å². The first kappa shape index (κ1) is 37.1. The second-order valence-electron chi connectivity index (χ2n) is 12.5. The van der Waals surface area contributed by atoms with Gasteiger partial charge in [-0.2, -0.15) is 4.31 Å². The molecule has 5 rings (SSSR count). The smallest absolute Gasteiger partial charge is 0.407 e. The van der Waals surface area contributed by atoms with Gasteiger partial charge in [0.15, 0.2) is 5.78 Å². The molecule has 4 atom stereocenters. The third kappa shape index (κ3) is 8.95. The standard InChI is InChI=1S/C38H40ClF2N3O5S/c1-25-23-42-24-31(44(25)50(47,48)32-8-4-3-5-9-32)19-20-33-28(7-6-10-35(33)41)22-36(45)37(43-38(46)49-2)34(27-13-15-29(39)16-14-27)21-26-11-17-30(40)18-12-26/h3-18,25,31,34,37,42H,19-24H2,1-2H3,(H,43,46)/t25-,31-,34-,37-/m0/s1. The van der Waals surface area contributed by atoms with E-state index in [-0.39, 0.29) is 30.2 Å². The lowest BCUT2D eigenvalue weighted by Gasteiger charge is -2.40. The maximum absolute atomic E-state index is 15.6. The molecule has 50 heavy (non-hydrogen) atoms. The minimum Gasteiger partial charge on any atom is -0.453 e. The quantitative estimate of drug-likeness (QED) is 0.164. The van der Waals surface area contributed by atoms with Crippen LogP contribution in [0.25, 0.3) is 0 Å². The molecule has 1 fully saturated rings. The van der Waals surface area contributed by atoms with E-state index in [1.54, 1.807) is 72.8 Å². The monoisotopic (exact) mass is 723 g/mol. The number of methoxy groups -OCH3 is 1. The highest BCUT2D eigenvalue weighted by Gasteiger charge is 2.38. The number of ketones is 1. The minimum atomic E-state index is -3.83. The highest BCUT2D eigenvalue weighted by molar-refractivity contribution is 7.89. The average Bonchev–Trinajstić information content (AvgIpc) is 3.11. The summed E-state index contributed by atoms with van der Waals surface area (Å²) in [6.45, 7) is 2.70. The van der Waals surface area contributed by atoms with Crippen LogP contribution in [-0.2, 0) is 38.8 Å². The van der Waals surface area contributed by atoms with Crippen molar-refractivity contribution in [2.45, 2.75) is 61.5 Å². The summed E-state index contributed by atoms with van der Waals surface area (Å²) in [7, 11) is -2.64. The maximum atomic E-state index is 15.6. The molecule has 1 saturated heterocycles. The Hall–Kier alpha value is -4.16. The van der Waals surface area contributed by atoms with Crippen molar-refractivity contribution >= 4 is 33.5 Å². The zero-order chi connectivity index (χ0) is 35.8. The molecule has 4 aromatic rings. The van der Waals surface area contributed by atoms with Crippen LogP contribution in [0.15, 0.2) is 102 Å². The number of carbonyl (C=O) groups excluding carboxylic acids is 2. The Morgan fingerprint density at radius 2 is 1.66 bits per heavy atom. The number of hydrogen-bond acceptors (Lipinski definition) is 6. The van der Waals surface area contributed by atoms with Crippen LogP contribution in [0.3, 0.4) is 0 Å². The number of rotatable bonds is 13. The summed E-state index contributed by atoms with van der Waals surface area (Å²) >= 11 is 6.17. The van der Waals surface area contributed by atoms with E-state index in [9.17, 15) is 22.4 Å². The van der Waals surface area contributed by atoms with E-state index in [1.807, 2.05) is 6.92 Å². The number of nitrogens with zero attached hydrogens (tertiary/aromatic N) is 1. The number of amides is 1. The Kier molecular flexibility index (Phi) is 12.4. The summed E-state index contributed by atoms with van der Waals surface area (Å²) in [6, 6.07) is 23.6. The van der Waals surface area contributed by atoms with Crippen LogP contribution in [0.2, 0.25) is 5.02 Å². The van der Waals surface area contributed by atoms with Gasteiger partial charge in [-0.1, -0.05) is 66.2 Å². The van der Waals surface area contributed by atoms with Gasteiger partial charge in [-0.25, -0.2) is 22.0 Å². The van der Waals surface area contributed by atoms with Crippen molar-refractivity contribution in [1.29, 1.82) is 0 Å². The van der Waals surface area contributed by atoms with Crippen molar-refractivity contribution < 1.29 is 31.5 Å². The fourth-order valence-corrected chi connectivity index (χ4v) is 8.63. The topological polar surface area (TPSA) is 105 Å². The van der Waals surface area contributed by atoms with Crippen molar-refractivity contribution in [3.8, 4) is 0 Å². The number of hydrogen-bond donors (Lipinski definition) is 2. The number of alkyl carbamates (subject to hydrolysis) is 1. The summed E-state index contributed by atoms with van der Waals surface area (Å²) < 4.78 is 63.2. The maximum Gasteiger partial charge on any atom is 0.407 e. The van der Waals surface area contributed by atoms with E-state index in [4.69, 9.17) is 16.3 Å². The number of Topliss-reactive ketones (excluding diaryl/α,β-unsaturated/α-hetero) is 1. The predicted octanol–water partition coefficient (Wildman–Crippen LogP) is 6.46. The van der Waals surface area contributed by atoms with Crippen molar-refractivity contribution in [1.82, 2.24) is 14.9 Å². The number of carbonyl (C=O) groups is 2. The normalized spacial score (nSPS) is 17.9. The highest BCUT2D eigenvalue weighted by atomic mass is 35.5. The van der Waals surface area contributed by atoms with Gasteiger partial charge in [-0.3, -0.25) is 4.79 Å². The Bertz CT molecular complexity index is 1880. The van der Waals surface area contributed by atoms with Crippen LogP contribution in [0, 0.1) is 11.6 Å². The Morgan fingerprint density at radius 3 is 2.34 bits per heavy atom. The van der Waals surface area contributed by atoms with E-state index in [0.29, 0.717) is 41.2 Å². The van der Waals surface area contributed by atoms with E-state index >= 15 is 4.39 Å². The molecule has 1 aliphatic heterocycles. The Morgan fingerprint density at radius 1 is 0.960 bits per heavy atom. The molecular formula is C38H40ClF2N3O5S. The summed E-state index contributed by atoms with van der Waals surface area (Å²) in [6.07, 6.45) is -0.315. The molecule has 0 radical (unpaired) electrons. The van der Waals surface area contributed by atoms with Crippen LogP contribution in [-0.4, -0.2) is 62.9 Å². The molecule has 0 bridgehead atoms. The van der Waals surface area contributed by atoms with Gasteiger partial charge in [0.1, 0.15) is 11.6 Å². The van der Waals surface area contributed by atoms with E-state index in [0.717, 1.165) is 5.56 Å². The molecule has 4 aromatic carbocycles. The van der Waals surface area contributed by atoms with Crippen molar-refractivity contribution in [3.63, 3.8) is 0 Å². The average molecular weight is 724 g/mol. The largest absolute Gasteiger partial charge is 0.453 e. The number of benzene rings is 4. The lowest BCUT2D eigenvalue weighted by molar-refractivity contribution is -0.120. The number of nitrogens with one attached hydrogen (secondary N) is 2. The molecule has 1 heterocycles. The number of halogens is 3. The molecule has 1 aliphatic rings. The summed E-state index contributed by atoms with van der Waals surface area (Å²) in [5, 5.41) is 6.48. The molecule has 8 nitrogen and oxygen atoms in total. The molecule has 0 saturated carbocycles. The summed E-state index contributed by atoms with van der Waals surface area (Å²) in [4.78, 5) is 27.1. The van der Waals surface area contributed by atoms with Crippen molar-refractivity contribution in [3.05, 3.63) is 136 Å². The molecule has 264 valence electrons. The van der Waals surface area contributed by atoms with Crippen molar-refractivity contribution in [2.24, 2.45) is 0 Å². The minimum absolute atomic E-state index is 0.167. The highest BCUT2D eigenvalue weighted by Crippen LogP contribution is 2.30. The van der Waals surface area contributed by atoms with E-state index < -0.39 is 51.5 Å². The van der Waals surface area contributed by atoms with Gasteiger partial charge in [0, 0.05) is 42.5 Å². The molecule has 12 heteroatoms. The Balaban J connectivity index is 1.43. The van der Waals surface area contributed by atoms with Crippen LogP contribution < -0.4 is 10.6 Å². The SMILES string of the molecule is COC(=O)N[C@H](C(=O)Cc1cccc(F)c1CC[C@H]1CNC[C@H](C)N1S(=O)(=O)c1ccccc1)[C@@H](Cc1ccc(F)cc1)c1ccc(Cl)cc1. The fraction of sp³-hybridized carbons (Fsp3) is 0.316. The summed E-state index contributed by atoms with van der Waals surface area (Å²) in [5.41, 5.74) is 2.16. The van der Waals surface area contributed by atoms with Gasteiger partial charge in [-0.05, 0) is 90.9 Å². The summed E-state index contributed by atoms with van der Waals surface area (Å²) in [5.74, 6) is -1.93. The lowest BCUT2D eigenvalue weighted by Crippen LogP contribution is -2.58. The van der Waals surface area contributed by atoms with Crippen molar-refractivity contribution in [2.75, 3.05) is 20.2 Å². The second kappa shape index (κ2) is 16.7. The van der Waals surface area contributed by atoms with Crippen LogP contribution in [0.1, 0.15) is 41.5 Å². The number of sulfonamides is 1. The molecule has 0 spiro atoms. The molecular weight excluding hydrogens is 684 g/mol. The fourth-order valence-electron chi connectivity index (χ4n) is 6.64. The first-order valence-electron chi connectivity index (χ1n) is 16.4. The third-order valence-electron chi connectivity index (χ3n) is 9.12. The molecule has 0 unspecified atom stereocenters. The zero-order valence-electron chi connectivity index (χ0n) is 27.8. The van der Waals surface area contributed by atoms with Gasteiger partial charge in [0.25, 0.3) is 0 Å². The first-order valence-corrected chi connectivity index (χ1v) is 18.2. The molecule has 0 aliphatic carbocycles. The van der Waals surface area contributed by atoms with E-state index in [2.05, 4.69) is 10.6 Å². The lowest BCUT2D eigenvalue weighted by atomic mass is 9.82. The van der Waals surface area contributed by atoms with Gasteiger partial charge >= 0.3 is 6.09 Å². The van der Waals surface area contributed by atoms with Gasteiger partial charge in [0.2, 0.25) is 10.0 Å². The molecule has 2 N–H and O–H groups in total. The molecule has 0 aromatic heterocycles. The number of piperazine rings is 1. The predicted molar refractivity (Wildman–Crippen MR) is 189 cm³/mol. The van der Waals surface area contributed by atoms with Gasteiger partial charge < -0.3 is 15.4 Å². The Labute approximate surface area is 296 Å². The first-order chi connectivity index (χ1) is 24.0. The van der Waals surface area contributed by atoms with Gasteiger partial charge in [0.05, 0.1) is 18.0 Å².